The molecule has 1 heterocycles. The summed E-state index contributed by atoms with van der Waals surface area (Å²) in [5.74, 6) is 0. The molecule has 21 heavy (non-hydrogen) atoms. The van der Waals surface area contributed by atoms with E-state index >= 15 is 0 Å². The zero-order valence-corrected chi connectivity index (χ0v) is 12.8. The Morgan fingerprint density at radius 3 is 2.14 bits per heavy atom. The summed E-state index contributed by atoms with van der Waals surface area (Å²) in [5.41, 5.74) is 0.189. The third-order valence-electron chi connectivity index (χ3n) is 2.39. The number of rotatable bonds is 4. The van der Waals surface area contributed by atoms with Crippen LogP contribution >= 0.6 is 11.3 Å². The minimum Gasteiger partial charge on any atom is -0.279 e. The molecule has 0 amide bonds. The van der Waals surface area contributed by atoms with E-state index in [1.807, 2.05) is 6.07 Å². The lowest BCUT2D eigenvalue weighted by atomic mass is 10.3. The number of nitrogens with two attached hydrogens (primary N) is 1. The van der Waals surface area contributed by atoms with Gasteiger partial charge in [0, 0.05) is 5.69 Å². The van der Waals surface area contributed by atoms with Crippen LogP contribution in [0.15, 0.2) is 45.5 Å². The number of hydrogen-bond acceptors (Lipinski definition) is 6. The van der Waals surface area contributed by atoms with Crippen LogP contribution in [0.1, 0.15) is 4.88 Å². The van der Waals surface area contributed by atoms with E-state index in [2.05, 4.69) is 4.72 Å². The monoisotopic (exact) mass is 343 g/mol. The van der Waals surface area contributed by atoms with Crippen molar-refractivity contribution in [2.45, 2.75) is 9.10 Å². The third kappa shape index (κ3) is 3.59. The first-order valence-corrected chi connectivity index (χ1v) is 9.22. The van der Waals surface area contributed by atoms with Crippen molar-refractivity contribution >= 4 is 37.1 Å². The van der Waals surface area contributed by atoms with Crippen molar-refractivity contribution in [3.8, 4) is 6.07 Å². The number of primary sulfonamides is 1. The van der Waals surface area contributed by atoms with Gasteiger partial charge in [0.15, 0.2) is 0 Å². The molecule has 1 aromatic carbocycles. The van der Waals surface area contributed by atoms with E-state index < -0.39 is 20.0 Å². The molecule has 0 saturated carbocycles. The maximum Gasteiger partial charge on any atom is 0.271 e. The molecule has 7 nitrogen and oxygen atoms in total. The minimum atomic E-state index is -3.83. The molecule has 0 aliphatic carbocycles. The number of thiophene rings is 1. The van der Waals surface area contributed by atoms with E-state index in [4.69, 9.17) is 10.4 Å². The minimum absolute atomic E-state index is 0.00503. The molecule has 0 unspecified atom stereocenters. The second-order valence-corrected chi connectivity index (χ2v) is 8.46. The fourth-order valence-corrected chi connectivity index (χ4v) is 4.12. The summed E-state index contributed by atoms with van der Waals surface area (Å²) in [7, 11) is -7.64. The van der Waals surface area contributed by atoms with Gasteiger partial charge in [0.1, 0.15) is 15.2 Å². The summed E-state index contributed by atoms with van der Waals surface area (Å²) in [5, 5.41) is 13.6. The Morgan fingerprint density at radius 1 is 1.05 bits per heavy atom. The van der Waals surface area contributed by atoms with Crippen LogP contribution in [-0.4, -0.2) is 16.8 Å². The van der Waals surface area contributed by atoms with E-state index in [1.165, 1.54) is 36.4 Å². The Morgan fingerprint density at radius 2 is 1.67 bits per heavy atom. The van der Waals surface area contributed by atoms with E-state index in [0.717, 1.165) is 11.3 Å². The van der Waals surface area contributed by atoms with Crippen LogP contribution in [-0.2, 0) is 20.0 Å². The van der Waals surface area contributed by atoms with Crippen molar-refractivity contribution in [3.63, 3.8) is 0 Å². The van der Waals surface area contributed by atoms with Gasteiger partial charge in [-0.3, -0.25) is 4.72 Å². The summed E-state index contributed by atoms with van der Waals surface area (Å²) < 4.78 is 48.6. The smallest absolute Gasteiger partial charge is 0.271 e. The van der Waals surface area contributed by atoms with Gasteiger partial charge in [-0.1, -0.05) is 0 Å². The van der Waals surface area contributed by atoms with Crippen LogP contribution in [0.5, 0.6) is 0 Å². The van der Waals surface area contributed by atoms with Crippen molar-refractivity contribution in [3.05, 3.63) is 41.3 Å². The number of hydrogen-bond donors (Lipinski definition) is 2. The maximum atomic E-state index is 12.1. The number of nitrogens with one attached hydrogen (secondary N) is 1. The summed E-state index contributed by atoms with van der Waals surface area (Å²) in [6.07, 6.45) is 0. The molecule has 3 N–H and O–H groups in total. The molecule has 1 aromatic heterocycles. The number of nitrogens with zero attached hydrogens (tertiary/aromatic N) is 1. The largest absolute Gasteiger partial charge is 0.279 e. The Balaban J connectivity index is 2.27. The lowest BCUT2D eigenvalue weighted by Gasteiger charge is -2.06. The molecule has 0 atom stereocenters. The van der Waals surface area contributed by atoms with E-state index in [-0.39, 0.29) is 19.7 Å². The maximum absolute atomic E-state index is 12.1. The molecule has 0 radical (unpaired) electrons. The molecule has 0 saturated heterocycles. The summed E-state index contributed by atoms with van der Waals surface area (Å²) >= 11 is 0.839. The summed E-state index contributed by atoms with van der Waals surface area (Å²) in [6.45, 7) is 0. The third-order valence-corrected chi connectivity index (χ3v) is 6.18. The Bertz CT molecular complexity index is 906. The Hall–Kier alpha value is -1.93. The molecule has 0 aliphatic heterocycles. The summed E-state index contributed by atoms with van der Waals surface area (Å²) in [6, 6.07) is 9.55. The van der Waals surface area contributed by atoms with Gasteiger partial charge in [0.25, 0.3) is 10.0 Å². The van der Waals surface area contributed by atoms with Gasteiger partial charge in [0.05, 0.1) is 4.90 Å². The topological polar surface area (TPSA) is 130 Å². The molecule has 2 aromatic rings. The first kappa shape index (κ1) is 15.5. The standard InChI is InChI=1S/C11H9N3O4S3/c12-7-9-3-6-11(19-9)21(17,18)14-8-1-4-10(5-2-8)20(13,15)16/h1-6,14H,(H2,13,15,16). The van der Waals surface area contributed by atoms with Gasteiger partial charge in [0.2, 0.25) is 10.0 Å². The van der Waals surface area contributed by atoms with Gasteiger partial charge in [-0.05, 0) is 36.4 Å². The van der Waals surface area contributed by atoms with Crippen LogP contribution in [0, 0.1) is 11.3 Å². The molecule has 0 aliphatic rings. The number of anilines is 1. The highest BCUT2D eigenvalue weighted by Crippen LogP contribution is 2.24. The molecular formula is C11H9N3O4S3. The highest BCUT2D eigenvalue weighted by atomic mass is 32.2. The van der Waals surface area contributed by atoms with Gasteiger partial charge >= 0.3 is 0 Å². The molecule has 2 rings (SSSR count). The zero-order chi connectivity index (χ0) is 15.7. The fourth-order valence-electron chi connectivity index (χ4n) is 1.44. The van der Waals surface area contributed by atoms with E-state index in [0.29, 0.717) is 0 Å². The Kier molecular flexibility index (Phi) is 4.02. The van der Waals surface area contributed by atoms with Gasteiger partial charge in [-0.15, -0.1) is 11.3 Å². The quantitative estimate of drug-likeness (QED) is 0.857. The first-order valence-electron chi connectivity index (χ1n) is 5.38. The predicted octanol–water partition coefficient (Wildman–Crippen LogP) is 1.07. The molecule has 10 heteroatoms. The van der Waals surface area contributed by atoms with Crippen molar-refractivity contribution in [1.82, 2.24) is 0 Å². The molecule has 0 fully saturated rings. The normalized spacial score (nSPS) is 11.8. The summed E-state index contributed by atoms with van der Waals surface area (Å²) in [4.78, 5) is 0.160. The van der Waals surface area contributed by atoms with Crippen LogP contribution < -0.4 is 9.86 Å². The highest BCUT2D eigenvalue weighted by molar-refractivity contribution is 7.94. The molecule has 0 bridgehead atoms. The SMILES string of the molecule is N#Cc1ccc(S(=O)(=O)Nc2ccc(S(N)(=O)=O)cc2)s1. The number of nitriles is 1. The van der Waals surface area contributed by atoms with Crippen LogP contribution in [0.25, 0.3) is 0 Å². The van der Waals surface area contributed by atoms with Crippen molar-refractivity contribution in [2.24, 2.45) is 5.14 Å². The first-order chi connectivity index (χ1) is 9.72. The fraction of sp³-hybridized carbons (Fsp3) is 0. The van der Waals surface area contributed by atoms with Crippen LogP contribution in [0.4, 0.5) is 5.69 Å². The van der Waals surface area contributed by atoms with Crippen molar-refractivity contribution < 1.29 is 16.8 Å². The zero-order valence-electron chi connectivity index (χ0n) is 10.3. The molecular weight excluding hydrogens is 334 g/mol. The second-order valence-electron chi connectivity index (χ2n) is 3.91. The number of benzene rings is 1. The average molecular weight is 343 g/mol. The predicted molar refractivity (Wildman–Crippen MR) is 77.7 cm³/mol. The van der Waals surface area contributed by atoms with Gasteiger partial charge in [-0.2, -0.15) is 5.26 Å². The van der Waals surface area contributed by atoms with Gasteiger partial charge < -0.3 is 0 Å². The van der Waals surface area contributed by atoms with Gasteiger partial charge in [-0.25, -0.2) is 22.0 Å². The van der Waals surface area contributed by atoms with E-state index in [1.54, 1.807) is 0 Å². The van der Waals surface area contributed by atoms with Crippen molar-refractivity contribution in [1.29, 1.82) is 5.26 Å². The van der Waals surface area contributed by atoms with Crippen molar-refractivity contribution in [2.75, 3.05) is 4.72 Å². The lowest BCUT2D eigenvalue weighted by Crippen LogP contribution is -2.13. The van der Waals surface area contributed by atoms with Crippen LogP contribution in [0.2, 0.25) is 0 Å². The van der Waals surface area contributed by atoms with Crippen LogP contribution in [0.3, 0.4) is 0 Å². The second kappa shape index (κ2) is 5.45. The van der Waals surface area contributed by atoms with E-state index in [9.17, 15) is 16.8 Å². The molecule has 0 spiro atoms. The highest BCUT2D eigenvalue weighted by Gasteiger charge is 2.17. The molecule has 110 valence electrons. The average Bonchev–Trinajstić information content (AvgIpc) is 2.87. The lowest BCUT2D eigenvalue weighted by molar-refractivity contribution is 0.597. The number of sulfonamides is 2. The Labute approximate surface area is 125 Å².